The van der Waals surface area contributed by atoms with Crippen LogP contribution in [0.4, 0.5) is 15.8 Å². The van der Waals surface area contributed by atoms with Gasteiger partial charge in [-0.2, -0.15) is 17.2 Å². The molecular weight excluding hydrogens is 429 g/mol. The van der Waals surface area contributed by atoms with Gasteiger partial charge in [-0.05, 0) is 24.3 Å². The quantitative estimate of drug-likeness (QED) is 0.636. The summed E-state index contributed by atoms with van der Waals surface area (Å²) in [5.74, 6) is -0.586. The van der Waals surface area contributed by atoms with Crippen LogP contribution in [0.25, 0.3) is 11.0 Å². The first-order valence-electron chi connectivity index (χ1n) is 7.99. The Labute approximate surface area is 165 Å². The van der Waals surface area contributed by atoms with E-state index in [0.29, 0.717) is 11.2 Å². The number of nitrogens with one attached hydrogen (secondary N) is 1. The lowest BCUT2D eigenvalue weighted by molar-refractivity contribution is 0.578. The van der Waals surface area contributed by atoms with E-state index in [-0.39, 0.29) is 29.2 Å². The fourth-order valence-electron chi connectivity index (χ4n) is 2.95. The number of benzene rings is 2. The minimum Gasteiger partial charge on any atom is -0.254 e. The molecule has 1 N–H and O–H groups in total. The molecule has 0 spiro atoms. The predicted molar refractivity (Wildman–Crippen MR) is 104 cm³/mol. The Morgan fingerprint density at radius 1 is 1.18 bits per heavy atom. The molecule has 4 rings (SSSR count). The molecule has 1 aliphatic rings. The molecule has 9 nitrogen and oxygen atoms in total. The van der Waals surface area contributed by atoms with Crippen molar-refractivity contribution in [3.63, 3.8) is 0 Å². The monoisotopic (exact) mass is 443 g/mol. The summed E-state index contributed by atoms with van der Waals surface area (Å²) in [6.45, 7) is -0.410. The van der Waals surface area contributed by atoms with Crippen LogP contribution in [0.1, 0.15) is 0 Å². The van der Waals surface area contributed by atoms with Gasteiger partial charge in [0.2, 0.25) is 10.0 Å². The van der Waals surface area contributed by atoms with Gasteiger partial charge in [-0.25, -0.2) is 21.8 Å². The highest BCUT2D eigenvalue weighted by atomic mass is 32.2. The van der Waals surface area contributed by atoms with E-state index in [9.17, 15) is 21.2 Å². The van der Waals surface area contributed by atoms with Gasteiger partial charge < -0.3 is 0 Å². The van der Waals surface area contributed by atoms with Crippen LogP contribution in [0, 0.1) is 5.82 Å². The Morgan fingerprint density at radius 2 is 1.96 bits per heavy atom. The van der Waals surface area contributed by atoms with Gasteiger partial charge in [-0.1, -0.05) is 6.07 Å². The molecule has 2 aromatic carbocycles. The zero-order valence-corrected chi connectivity index (χ0v) is 16.9. The van der Waals surface area contributed by atoms with Crippen molar-refractivity contribution in [2.24, 2.45) is 0 Å². The minimum atomic E-state index is -3.94. The van der Waals surface area contributed by atoms with Crippen LogP contribution in [0.3, 0.4) is 0 Å². The van der Waals surface area contributed by atoms with Crippen LogP contribution in [-0.4, -0.2) is 45.7 Å². The first-order valence-corrected chi connectivity index (χ1v) is 11.6. The number of hydrogen-bond acceptors (Lipinski definition) is 7. The summed E-state index contributed by atoms with van der Waals surface area (Å²) in [5.41, 5.74) is 1.19. The van der Waals surface area contributed by atoms with Gasteiger partial charge in [0.05, 0.1) is 23.1 Å². The molecule has 2 heterocycles. The second-order valence-corrected chi connectivity index (χ2v) is 10.1. The SMILES string of the molecule is CN1c2ccc(F)cc2N(CCNS(=O)(=O)c2cccc3nsnc23)S1(=O)=O. The highest BCUT2D eigenvalue weighted by molar-refractivity contribution is 7.94. The van der Waals surface area contributed by atoms with Gasteiger partial charge in [0.25, 0.3) is 0 Å². The van der Waals surface area contributed by atoms with Gasteiger partial charge in [0, 0.05) is 26.2 Å². The van der Waals surface area contributed by atoms with Crippen LogP contribution in [0.2, 0.25) is 0 Å². The fourth-order valence-corrected chi connectivity index (χ4v) is 6.15. The van der Waals surface area contributed by atoms with Crippen molar-refractivity contribution in [2.75, 3.05) is 28.7 Å². The highest BCUT2D eigenvalue weighted by Crippen LogP contribution is 2.39. The molecule has 0 aliphatic carbocycles. The molecule has 0 saturated heterocycles. The van der Waals surface area contributed by atoms with E-state index in [0.717, 1.165) is 26.4 Å². The summed E-state index contributed by atoms with van der Waals surface area (Å²) < 4.78 is 76.4. The third kappa shape index (κ3) is 2.99. The maximum absolute atomic E-state index is 13.6. The van der Waals surface area contributed by atoms with Gasteiger partial charge in [-0.15, -0.1) is 0 Å². The van der Waals surface area contributed by atoms with Crippen molar-refractivity contribution in [1.82, 2.24) is 13.5 Å². The first-order chi connectivity index (χ1) is 13.2. The number of anilines is 2. The molecule has 1 aromatic heterocycles. The summed E-state index contributed by atoms with van der Waals surface area (Å²) in [6, 6.07) is 8.23. The number of halogens is 1. The summed E-state index contributed by atoms with van der Waals surface area (Å²) in [6.07, 6.45) is 0. The normalized spacial score (nSPS) is 15.9. The van der Waals surface area contributed by atoms with Crippen molar-refractivity contribution in [2.45, 2.75) is 4.90 Å². The maximum Gasteiger partial charge on any atom is 0.326 e. The molecule has 0 unspecified atom stereocenters. The summed E-state index contributed by atoms with van der Waals surface area (Å²) in [7, 11) is -6.49. The zero-order chi connectivity index (χ0) is 20.1. The van der Waals surface area contributed by atoms with Crippen molar-refractivity contribution >= 4 is 54.4 Å². The van der Waals surface area contributed by atoms with E-state index in [2.05, 4.69) is 13.5 Å². The molecule has 0 saturated carbocycles. The van der Waals surface area contributed by atoms with Crippen LogP contribution in [0.5, 0.6) is 0 Å². The molecule has 0 fully saturated rings. The van der Waals surface area contributed by atoms with Crippen molar-refractivity contribution in [1.29, 1.82) is 0 Å². The van der Waals surface area contributed by atoms with Crippen LogP contribution >= 0.6 is 11.7 Å². The Bertz CT molecular complexity index is 1280. The number of hydrogen-bond donors (Lipinski definition) is 1. The topological polar surface area (TPSA) is 113 Å². The average Bonchev–Trinajstić information content (AvgIpc) is 3.18. The Balaban J connectivity index is 1.57. The number of fused-ring (bicyclic) bond motifs is 2. The Morgan fingerprint density at radius 3 is 2.75 bits per heavy atom. The van der Waals surface area contributed by atoms with Crippen molar-refractivity contribution in [3.05, 3.63) is 42.2 Å². The van der Waals surface area contributed by atoms with Gasteiger partial charge in [0.15, 0.2) is 0 Å². The lowest BCUT2D eigenvalue weighted by atomic mass is 10.2. The zero-order valence-electron chi connectivity index (χ0n) is 14.4. The largest absolute Gasteiger partial charge is 0.326 e. The second-order valence-electron chi connectivity index (χ2n) is 5.97. The van der Waals surface area contributed by atoms with Crippen LogP contribution in [0.15, 0.2) is 41.3 Å². The molecule has 0 amide bonds. The van der Waals surface area contributed by atoms with E-state index in [1.54, 1.807) is 12.1 Å². The van der Waals surface area contributed by atoms with E-state index >= 15 is 0 Å². The first kappa shape index (κ1) is 19.0. The Kier molecular flexibility index (Phi) is 4.49. The smallest absolute Gasteiger partial charge is 0.254 e. The van der Waals surface area contributed by atoms with Crippen molar-refractivity contribution in [3.8, 4) is 0 Å². The van der Waals surface area contributed by atoms with E-state index in [4.69, 9.17) is 0 Å². The lowest BCUT2D eigenvalue weighted by Gasteiger charge is -2.19. The van der Waals surface area contributed by atoms with Crippen LogP contribution < -0.4 is 13.3 Å². The molecule has 0 bridgehead atoms. The number of nitrogens with zero attached hydrogens (tertiary/aromatic N) is 4. The molecular formula is C15H14FN5O4S3. The molecule has 13 heteroatoms. The molecule has 3 aromatic rings. The third-order valence-corrected chi connectivity index (χ3v) is 8.18. The number of aromatic nitrogens is 2. The van der Waals surface area contributed by atoms with Gasteiger partial charge >= 0.3 is 10.2 Å². The third-order valence-electron chi connectivity index (χ3n) is 4.32. The standard InChI is InChI=1S/C15H14FN5O4S3/c1-20-12-6-5-10(16)9-13(12)21(28(20,24)25)8-7-17-27(22,23)14-4-2-3-11-15(14)19-26-18-11/h2-6,9,17H,7-8H2,1H3. The molecule has 0 atom stereocenters. The van der Waals surface area contributed by atoms with Crippen LogP contribution in [-0.2, 0) is 20.2 Å². The summed E-state index contributed by atoms with van der Waals surface area (Å²) in [5, 5.41) is 0. The molecule has 1 aliphatic heterocycles. The van der Waals surface area contributed by atoms with E-state index < -0.39 is 26.0 Å². The molecule has 28 heavy (non-hydrogen) atoms. The summed E-state index contributed by atoms with van der Waals surface area (Å²) in [4.78, 5) is -0.0356. The number of sulfonamides is 1. The second kappa shape index (κ2) is 6.62. The molecule has 148 valence electrons. The lowest BCUT2D eigenvalue weighted by Crippen LogP contribution is -2.40. The van der Waals surface area contributed by atoms with Gasteiger partial charge in [-0.3, -0.25) is 4.31 Å². The van der Waals surface area contributed by atoms with Crippen molar-refractivity contribution < 1.29 is 21.2 Å². The minimum absolute atomic E-state index is 0.0356. The fraction of sp³-hybridized carbons (Fsp3) is 0.200. The Hall–Kier alpha value is -2.35. The predicted octanol–water partition coefficient (Wildman–Crippen LogP) is 1.31. The molecule has 0 radical (unpaired) electrons. The average molecular weight is 444 g/mol. The van der Waals surface area contributed by atoms with E-state index in [1.165, 1.54) is 25.2 Å². The van der Waals surface area contributed by atoms with Gasteiger partial charge in [0.1, 0.15) is 21.7 Å². The maximum atomic E-state index is 13.6. The number of rotatable bonds is 5. The summed E-state index contributed by atoms with van der Waals surface area (Å²) >= 11 is 0.900. The highest BCUT2D eigenvalue weighted by Gasteiger charge is 2.38. The van der Waals surface area contributed by atoms with E-state index in [1.807, 2.05) is 0 Å².